The molecule has 0 amide bonds. The second-order valence-corrected chi connectivity index (χ2v) is 9.52. The summed E-state index contributed by atoms with van der Waals surface area (Å²) in [6.45, 7) is 4.43. The third-order valence-corrected chi connectivity index (χ3v) is 6.29. The van der Waals surface area contributed by atoms with E-state index in [0.717, 1.165) is 22.5 Å². The molecule has 0 N–H and O–H groups in total. The fourth-order valence-corrected chi connectivity index (χ4v) is 4.59. The van der Waals surface area contributed by atoms with Gasteiger partial charge in [0.05, 0.1) is 6.61 Å². The van der Waals surface area contributed by atoms with Crippen molar-refractivity contribution in [2.24, 2.45) is 0 Å². The zero-order valence-electron chi connectivity index (χ0n) is 20.6. The molecule has 2 aromatic carbocycles. The smallest absolute Gasteiger partial charge is 0.190 e. The van der Waals surface area contributed by atoms with Crippen molar-refractivity contribution in [2.45, 2.75) is 57.5 Å². The van der Waals surface area contributed by atoms with E-state index in [4.69, 9.17) is 32.7 Å². The fraction of sp³-hybridized carbons (Fsp3) is 0.357. The Morgan fingerprint density at radius 2 is 1.38 bits per heavy atom. The average molecular weight is 505 g/mol. The molecule has 2 fully saturated rings. The van der Waals surface area contributed by atoms with E-state index in [1.807, 2.05) is 86.6 Å². The predicted molar refractivity (Wildman–Crippen MR) is 131 cm³/mol. The van der Waals surface area contributed by atoms with Crippen LogP contribution in [-0.4, -0.2) is 47.3 Å². The molecule has 0 aliphatic carbocycles. The normalized spacial score (nSPS) is 24.4. The number of hydrogen-bond acceptors (Lipinski definition) is 9. The Bertz CT molecular complexity index is 1300. The van der Waals surface area contributed by atoms with Crippen LogP contribution in [0.2, 0.25) is 0 Å². The average Bonchev–Trinajstić information content (AvgIpc) is 3.68. The summed E-state index contributed by atoms with van der Waals surface area (Å²) < 4.78 is 41.3. The van der Waals surface area contributed by atoms with E-state index in [2.05, 4.69) is 10.3 Å². The minimum Gasteiger partial charge on any atom is -0.371 e. The van der Waals surface area contributed by atoms with Gasteiger partial charge in [-0.25, -0.2) is 0 Å². The molecule has 4 heterocycles. The van der Waals surface area contributed by atoms with Gasteiger partial charge >= 0.3 is 0 Å². The molecule has 9 nitrogen and oxygen atoms in total. The van der Waals surface area contributed by atoms with Gasteiger partial charge in [0.15, 0.2) is 23.6 Å². The number of rotatable bonds is 9. The highest BCUT2D eigenvalue weighted by atomic mass is 16.8. The molecule has 0 radical (unpaired) electrons. The molecule has 2 saturated heterocycles. The van der Waals surface area contributed by atoms with Crippen LogP contribution in [0.1, 0.15) is 25.4 Å². The highest BCUT2D eigenvalue weighted by Crippen LogP contribution is 2.39. The summed E-state index contributed by atoms with van der Waals surface area (Å²) in [7, 11) is 0. The Labute approximate surface area is 214 Å². The summed E-state index contributed by atoms with van der Waals surface area (Å²) in [6, 6.07) is 23.4. The Morgan fingerprint density at radius 3 is 2.00 bits per heavy atom. The number of benzene rings is 2. The maximum atomic E-state index is 6.24. The first-order chi connectivity index (χ1) is 18.0. The lowest BCUT2D eigenvalue weighted by Gasteiger charge is -2.25. The van der Waals surface area contributed by atoms with E-state index in [1.165, 1.54) is 0 Å². The Balaban J connectivity index is 1.08. The van der Waals surface area contributed by atoms with E-state index in [9.17, 15) is 0 Å². The first-order valence-electron chi connectivity index (χ1n) is 12.3. The SMILES string of the molecule is CC1(C)O[C@H]2O[C@H](COCc3cc(-c4ccccc4)no3)[C@H](OCc3cc(-c4ccccc4)no3)[C@H]2O1. The second kappa shape index (κ2) is 10.2. The van der Waals surface area contributed by atoms with Gasteiger partial charge in [-0.15, -0.1) is 0 Å². The van der Waals surface area contributed by atoms with Crippen LogP contribution in [-0.2, 0) is 36.9 Å². The van der Waals surface area contributed by atoms with E-state index >= 15 is 0 Å². The monoisotopic (exact) mass is 504 g/mol. The van der Waals surface area contributed by atoms with Crippen LogP contribution < -0.4 is 0 Å². The molecule has 2 aromatic heterocycles. The topological polar surface area (TPSA) is 98.2 Å². The summed E-state index contributed by atoms with van der Waals surface area (Å²) in [4.78, 5) is 0. The molecule has 6 rings (SSSR count). The van der Waals surface area contributed by atoms with Crippen LogP contribution in [0, 0.1) is 0 Å². The molecule has 4 atom stereocenters. The summed E-state index contributed by atoms with van der Waals surface area (Å²) in [6.07, 6.45) is -1.76. The number of fused-ring (bicyclic) bond motifs is 1. The van der Waals surface area contributed by atoms with E-state index in [1.54, 1.807) is 0 Å². The van der Waals surface area contributed by atoms with Crippen molar-refractivity contribution in [3.05, 3.63) is 84.3 Å². The molecule has 4 aromatic rings. The number of nitrogens with zero attached hydrogens (tertiary/aromatic N) is 2. The van der Waals surface area contributed by atoms with Crippen LogP contribution in [0.15, 0.2) is 81.8 Å². The van der Waals surface area contributed by atoms with Crippen LogP contribution in [0.3, 0.4) is 0 Å². The molecular formula is C28H28N2O7. The second-order valence-electron chi connectivity index (χ2n) is 9.52. The van der Waals surface area contributed by atoms with Crippen molar-refractivity contribution in [3.8, 4) is 22.5 Å². The van der Waals surface area contributed by atoms with Crippen molar-refractivity contribution < 1.29 is 32.7 Å². The molecule has 0 saturated carbocycles. The van der Waals surface area contributed by atoms with Crippen molar-refractivity contribution in [3.63, 3.8) is 0 Å². The van der Waals surface area contributed by atoms with Crippen LogP contribution in [0.4, 0.5) is 0 Å². The van der Waals surface area contributed by atoms with Crippen LogP contribution in [0.5, 0.6) is 0 Å². The summed E-state index contributed by atoms with van der Waals surface area (Å²) >= 11 is 0. The van der Waals surface area contributed by atoms with Crippen LogP contribution in [0.25, 0.3) is 22.5 Å². The van der Waals surface area contributed by atoms with E-state index in [-0.39, 0.29) is 19.8 Å². The van der Waals surface area contributed by atoms with Gasteiger partial charge in [-0.3, -0.25) is 0 Å². The highest BCUT2D eigenvalue weighted by molar-refractivity contribution is 5.59. The number of aromatic nitrogens is 2. The van der Waals surface area contributed by atoms with Gasteiger partial charge in [-0.05, 0) is 13.8 Å². The van der Waals surface area contributed by atoms with Gasteiger partial charge in [0.2, 0.25) is 0 Å². The third kappa shape index (κ3) is 5.36. The predicted octanol–water partition coefficient (Wildman–Crippen LogP) is 4.98. The van der Waals surface area contributed by atoms with Gasteiger partial charge in [-0.2, -0.15) is 0 Å². The lowest BCUT2D eigenvalue weighted by molar-refractivity contribution is -0.225. The third-order valence-electron chi connectivity index (χ3n) is 6.29. The van der Waals surface area contributed by atoms with E-state index in [0.29, 0.717) is 11.5 Å². The molecule has 0 spiro atoms. The van der Waals surface area contributed by atoms with Gasteiger partial charge in [0, 0.05) is 23.3 Å². The van der Waals surface area contributed by atoms with E-state index < -0.39 is 30.4 Å². The minimum atomic E-state index is -0.761. The standard InChI is InChI=1S/C28H28N2O7/c1-28(2)34-26-25(32-16-21-14-23(30-37-21)19-11-7-4-8-12-19)24(33-27(26)35-28)17-31-15-20-13-22(29-36-20)18-9-5-3-6-10-18/h3-14,24-27H,15-17H2,1-2H3/t24-,25+,26-,27-/m1/s1. The van der Waals surface area contributed by atoms with Gasteiger partial charge < -0.3 is 32.7 Å². The molecule has 9 heteroatoms. The number of ether oxygens (including phenoxy) is 5. The zero-order chi connectivity index (χ0) is 25.2. The minimum absolute atomic E-state index is 0.208. The largest absolute Gasteiger partial charge is 0.371 e. The van der Waals surface area contributed by atoms with Gasteiger partial charge in [-0.1, -0.05) is 71.0 Å². The van der Waals surface area contributed by atoms with Gasteiger partial charge in [0.1, 0.15) is 42.9 Å². The first kappa shape index (κ1) is 24.0. The Morgan fingerprint density at radius 1 is 0.784 bits per heavy atom. The molecule has 2 aliphatic rings. The molecule has 0 unspecified atom stereocenters. The molecule has 37 heavy (non-hydrogen) atoms. The summed E-state index contributed by atoms with van der Waals surface area (Å²) in [5.41, 5.74) is 3.48. The Hall–Kier alpha value is -3.34. The maximum Gasteiger partial charge on any atom is 0.190 e. The van der Waals surface area contributed by atoms with Crippen LogP contribution >= 0.6 is 0 Å². The zero-order valence-corrected chi connectivity index (χ0v) is 20.6. The Kier molecular flexibility index (Phi) is 6.62. The van der Waals surface area contributed by atoms with Crippen molar-refractivity contribution in [1.29, 1.82) is 0 Å². The lowest BCUT2D eigenvalue weighted by Crippen LogP contribution is -2.38. The van der Waals surface area contributed by atoms with Crippen molar-refractivity contribution >= 4 is 0 Å². The number of hydrogen-bond donors (Lipinski definition) is 0. The van der Waals surface area contributed by atoms with Crippen molar-refractivity contribution in [1.82, 2.24) is 10.3 Å². The van der Waals surface area contributed by atoms with Gasteiger partial charge in [0.25, 0.3) is 0 Å². The first-order valence-corrected chi connectivity index (χ1v) is 12.3. The highest BCUT2D eigenvalue weighted by Gasteiger charge is 2.55. The lowest BCUT2D eigenvalue weighted by atomic mass is 10.1. The molecule has 2 aliphatic heterocycles. The van der Waals surface area contributed by atoms with Crippen molar-refractivity contribution in [2.75, 3.05) is 6.61 Å². The quantitative estimate of drug-likeness (QED) is 0.313. The molecular weight excluding hydrogens is 476 g/mol. The molecule has 0 bridgehead atoms. The molecule has 192 valence electrons. The fourth-order valence-electron chi connectivity index (χ4n) is 4.59. The summed E-state index contributed by atoms with van der Waals surface area (Å²) in [5.74, 6) is 0.469. The maximum absolute atomic E-state index is 6.24. The summed E-state index contributed by atoms with van der Waals surface area (Å²) in [5, 5.41) is 8.30.